The minimum absolute atomic E-state index is 0.0719. The lowest BCUT2D eigenvalue weighted by atomic mass is 10.0. The second kappa shape index (κ2) is 7.80. The van der Waals surface area contributed by atoms with Gasteiger partial charge in [0.15, 0.2) is 11.6 Å². The topological polar surface area (TPSA) is 82.0 Å². The molecule has 31 heavy (non-hydrogen) atoms. The van der Waals surface area contributed by atoms with Gasteiger partial charge in [-0.2, -0.15) is 0 Å². The number of rotatable bonds is 5. The van der Waals surface area contributed by atoms with E-state index in [-0.39, 0.29) is 11.0 Å². The van der Waals surface area contributed by atoms with E-state index in [0.717, 1.165) is 22.4 Å². The van der Waals surface area contributed by atoms with Gasteiger partial charge in [-0.05, 0) is 47.1 Å². The molecule has 1 saturated heterocycles. The number of nitrogens with zero attached hydrogens (tertiary/aromatic N) is 1. The van der Waals surface area contributed by atoms with E-state index < -0.39 is 17.5 Å². The first-order chi connectivity index (χ1) is 14.9. The molecule has 2 atom stereocenters. The van der Waals surface area contributed by atoms with E-state index >= 15 is 0 Å². The summed E-state index contributed by atoms with van der Waals surface area (Å²) in [5, 5.41) is 24.5. The number of halogens is 1. The van der Waals surface area contributed by atoms with Gasteiger partial charge in [-0.3, -0.25) is 9.69 Å². The maximum Gasteiger partial charge on any atom is 0.283 e. The fraction of sp³-hybridized carbons (Fsp3) is 0.261. The monoisotopic (exact) mass is 440 g/mol. The number of allylic oxidation sites excluding steroid dienone is 1. The Hall–Kier alpha value is -2.65. The number of hydrogen-bond acceptors (Lipinski definition) is 6. The molecule has 5 rings (SSSR count). The van der Waals surface area contributed by atoms with Gasteiger partial charge in [0.25, 0.3) is 5.24 Å². The third kappa shape index (κ3) is 3.99. The van der Waals surface area contributed by atoms with Gasteiger partial charge in [-0.1, -0.05) is 36.0 Å². The van der Waals surface area contributed by atoms with Crippen LogP contribution < -0.4 is 10.1 Å². The molecule has 3 N–H and O–H groups in total. The number of para-hydroxylation sites is 1. The van der Waals surface area contributed by atoms with Crippen molar-refractivity contribution in [3.63, 3.8) is 0 Å². The molecule has 0 spiro atoms. The molecule has 0 unspecified atom stereocenters. The van der Waals surface area contributed by atoms with E-state index in [0.29, 0.717) is 31.1 Å². The van der Waals surface area contributed by atoms with E-state index in [1.165, 1.54) is 23.9 Å². The summed E-state index contributed by atoms with van der Waals surface area (Å²) in [6.45, 7) is 1.15. The van der Waals surface area contributed by atoms with E-state index in [4.69, 9.17) is 4.74 Å². The molecular formula is C23H21FN2O4S. The standard InChI is InChI=1S/C23H21FN2O4S/c24-18-3-1-2-4-21(18)30-17-8-16-10-26(13-23(16,29)9-17)11-20(27)14-5-6-19-15(7-14)12-31-22(28)25-19/h1-9,20,27,29H,10-13H2,(H,25,28)/t20-,23-/m1/s1. The van der Waals surface area contributed by atoms with E-state index in [1.807, 2.05) is 23.1 Å². The minimum atomic E-state index is -1.18. The molecule has 160 valence electrons. The summed E-state index contributed by atoms with van der Waals surface area (Å²) < 4.78 is 19.4. The Labute approximate surface area is 183 Å². The molecule has 0 radical (unpaired) electrons. The maximum atomic E-state index is 13.8. The van der Waals surface area contributed by atoms with Crippen molar-refractivity contribution >= 4 is 22.7 Å². The van der Waals surface area contributed by atoms with Gasteiger partial charge in [0.2, 0.25) is 0 Å². The Bertz CT molecular complexity index is 1120. The lowest BCUT2D eigenvalue weighted by molar-refractivity contribution is 0.0905. The van der Waals surface area contributed by atoms with E-state index in [1.54, 1.807) is 24.3 Å². The molecule has 2 aromatic carbocycles. The smallest absolute Gasteiger partial charge is 0.283 e. The Kier molecular flexibility index (Phi) is 5.10. The number of benzene rings is 2. The van der Waals surface area contributed by atoms with Crippen molar-refractivity contribution in [1.82, 2.24) is 4.90 Å². The number of hydrogen-bond donors (Lipinski definition) is 3. The molecule has 0 saturated carbocycles. The third-order valence-corrected chi connectivity index (χ3v) is 6.54. The van der Waals surface area contributed by atoms with Crippen molar-refractivity contribution < 1.29 is 24.1 Å². The summed E-state index contributed by atoms with van der Waals surface area (Å²) in [6.07, 6.45) is 2.60. The molecule has 1 fully saturated rings. The fourth-order valence-corrected chi connectivity index (χ4v) is 4.89. The SMILES string of the molecule is O=C1Nc2ccc([C@H](O)CN3CC4=CC(Oc5ccccc5F)=C[C@@]4(O)C3)cc2CS1. The second-order valence-corrected chi connectivity index (χ2v) is 8.92. The quantitative estimate of drug-likeness (QED) is 0.659. The molecule has 2 aliphatic heterocycles. The van der Waals surface area contributed by atoms with E-state index in [2.05, 4.69) is 5.32 Å². The number of amides is 1. The van der Waals surface area contributed by atoms with Crippen LogP contribution in [0.3, 0.4) is 0 Å². The number of carbonyl (C=O) groups is 1. The molecule has 1 aliphatic carbocycles. The molecule has 3 aliphatic rings. The van der Waals surface area contributed by atoms with Crippen LogP contribution >= 0.6 is 11.8 Å². The Morgan fingerprint density at radius 1 is 1.29 bits per heavy atom. The lowest BCUT2D eigenvalue weighted by Gasteiger charge is -2.23. The normalized spacial score (nSPS) is 23.5. The summed E-state index contributed by atoms with van der Waals surface area (Å²) in [6, 6.07) is 11.7. The van der Waals surface area contributed by atoms with Gasteiger partial charge in [0.1, 0.15) is 11.4 Å². The first-order valence-corrected chi connectivity index (χ1v) is 10.9. The van der Waals surface area contributed by atoms with Crippen molar-refractivity contribution in [3.8, 4) is 5.75 Å². The highest BCUT2D eigenvalue weighted by Crippen LogP contribution is 2.37. The van der Waals surface area contributed by atoms with Crippen LogP contribution in [0.2, 0.25) is 0 Å². The van der Waals surface area contributed by atoms with Crippen molar-refractivity contribution in [2.45, 2.75) is 17.5 Å². The summed E-state index contributed by atoms with van der Waals surface area (Å²) in [5.41, 5.74) is 2.11. The highest BCUT2D eigenvalue weighted by molar-refractivity contribution is 8.13. The van der Waals surface area contributed by atoms with Crippen molar-refractivity contribution in [2.24, 2.45) is 0 Å². The fourth-order valence-electron chi connectivity index (χ4n) is 4.18. The molecule has 0 aromatic heterocycles. The second-order valence-electron chi connectivity index (χ2n) is 7.98. The van der Waals surface area contributed by atoms with Crippen LogP contribution in [0.4, 0.5) is 14.9 Å². The third-order valence-electron chi connectivity index (χ3n) is 5.72. The van der Waals surface area contributed by atoms with Crippen LogP contribution in [0.25, 0.3) is 0 Å². The number of aliphatic hydroxyl groups is 2. The number of likely N-dealkylation sites (tertiary alicyclic amines) is 1. The first-order valence-electron chi connectivity index (χ1n) is 9.95. The number of ether oxygens (including phenoxy) is 1. The molecule has 2 aromatic rings. The average Bonchev–Trinajstić information content (AvgIpc) is 3.19. The zero-order valence-electron chi connectivity index (χ0n) is 16.5. The molecule has 6 nitrogen and oxygen atoms in total. The predicted octanol–water partition coefficient (Wildman–Crippen LogP) is 3.59. The zero-order chi connectivity index (χ0) is 21.6. The Morgan fingerprint density at radius 3 is 2.94 bits per heavy atom. The molecule has 2 heterocycles. The summed E-state index contributed by atoms with van der Waals surface area (Å²) in [7, 11) is 0. The van der Waals surface area contributed by atoms with Crippen molar-refractivity contribution in [1.29, 1.82) is 0 Å². The van der Waals surface area contributed by atoms with Crippen LogP contribution in [0.15, 0.2) is 65.9 Å². The Balaban J connectivity index is 1.24. The molecule has 0 bridgehead atoms. The first kappa shape index (κ1) is 20.3. The van der Waals surface area contributed by atoms with Gasteiger partial charge in [-0.15, -0.1) is 0 Å². The molecule has 8 heteroatoms. The number of carbonyl (C=O) groups excluding carboxylic acids is 1. The van der Waals surface area contributed by atoms with Gasteiger partial charge in [0, 0.05) is 31.1 Å². The molecule has 1 amide bonds. The van der Waals surface area contributed by atoms with Crippen LogP contribution in [0, 0.1) is 5.82 Å². The lowest BCUT2D eigenvalue weighted by Crippen LogP contribution is -2.33. The number of nitrogens with one attached hydrogen (secondary N) is 1. The highest BCUT2D eigenvalue weighted by atomic mass is 32.2. The molecular weight excluding hydrogens is 419 g/mol. The van der Waals surface area contributed by atoms with Gasteiger partial charge in [-0.25, -0.2) is 4.39 Å². The number of anilines is 1. The zero-order valence-corrected chi connectivity index (χ0v) is 17.4. The summed E-state index contributed by atoms with van der Waals surface area (Å²) >= 11 is 1.20. The van der Waals surface area contributed by atoms with Crippen LogP contribution in [0.1, 0.15) is 17.2 Å². The van der Waals surface area contributed by atoms with Gasteiger partial charge in [0.05, 0.1) is 6.10 Å². The van der Waals surface area contributed by atoms with Gasteiger partial charge >= 0.3 is 0 Å². The van der Waals surface area contributed by atoms with Crippen molar-refractivity contribution in [3.05, 3.63) is 82.9 Å². The average molecular weight is 440 g/mol. The Morgan fingerprint density at radius 2 is 2.13 bits per heavy atom. The number of β-amino-alcohol motifs (C(OH)–C–C–N with tert-alkyl or cyclic N) is 2. The van der Waals surface area contributed by atoms with Crippen LogP contribution in [-0.2, 0) is 5.75 Å². The summed E-state index contributed by atoms with van der Waals surface area (Å²) in [4.78, 5) is 13.5. The summed E-state index contributed by atoms with van der Waals surface area (Å²) in [5.74, 6) is 0.645. The van der Waals surface area contributed by atoms with E-state index in [9.17, 15) is 19.4 Å². The maximum absolute atomic E-state index is 13.8. The van der Waals surface area contributed by atoms with Crippen molar-refractivity contribution in [2.75, 3.05) is 25.0 Å². The van der Waals surface area contributed by atoms with Crippen LogP contribution in [-0.4, -0.2) is 45.6 Å². The number of aliphatic hydroxyl groups excluding tert-OH is 1. The number of thioether (sulfide) groups is 1. The number of fused-ring (bicyclic) bond motifs is 2. The largest absolute Gasteiger partial charge is 0.455 e. The predicted molar refractivity (Wildman–Crippen MR) is 116 cm³/mol. The van der Waals surface area contributed by atoms with Crippen LogP contribution in [0.5, 0.6) is 5.75 Å². The highest BCUT2D eigenvalue weighted by Gasteiger charge is 2.43. The minimum Gasteiger partial charge on any atom is -0.455 e. The van der Waals surface area contributed by atoms with Gasteiger partial charge < -0.3 is 20.3 Å².